The molecule has 3 aliphatic rings. The third-order valence-electron chi connectivity index (χ3n) is 8.90. The minimum Gasteiger partial charge on any atom is -0.394 e. The lowest BCUT2D eigenvalue weighted by Gasteiger charge is -2.45. The van der Waals surface area contributed by atoms with Crippen molar-refractivity contribution in [1.29, 1.82) is 0 Å². The number of aliphatic hydroxyl groups is 9. The zero-order valence-electron chi connectivity index (χ0n) is 28.3. The standard InChI is InChI=1S/C30H58NO17/c1-31(2,3)6-15(33)8-43-13-22-27(38)28(39)29(40)30(48-22)45-14-19-16(9-41-4)23(34)26(37)21(47-19)12-44-10-17-18(7-32)46-20(11-42-5)25(36)24(17)35/h15-30,32-40H,6-14H2,1-5H3/q+1. The fraction of sp³-hybridized carbons (Fsp3) is 1.00. The van der Waals surface area contributed by atoms with Crippen LogP contribution in [0.25, 0.3) is 0 Å². The van der Waals surface area contributed by atoms with E-state index >= 15 is 0 Å². The zero-order chi connectivity index (χ0) is 35.8. The maximum Gasteiger partial charge on any atom is 0.186 e. The molecule has 3 saturated heterocycles. The van der Waals surface area contributed by atoms with E-state index in [4.69, 9.17) is 37.9 Å². The van der Waals surface area contributed by atoms with Crippen molar-refractivity contribution >= 4 is 0 Å². The highest BCUT2D eigenvalue weighted by atomic mass is 16.7. The lowest BCUT2D eigenvalue weighted by atomic mass is 9.87. The number of aliphatic hydroxyl groups excluding tert-OH is 9. The van der Waals surface area contributed by atoms with E-state index in [1.807, 2.05) is 21.1 Å². The molecule has 3 rings (SSSR count). The molecule has 0 spiro atoms. The molecule has 0 amide bonds. The first kappa shape index (κ1) is 41.7. The second kappa shape index (κ2) is 19.2. The molecule has 3 fully saturated rings. The summed E-state index contributed by atoms with van der Waals surface area (Å²) in [5.41, 5.74) is 0. The van der Waals surface area contributed by atoms with Gasteiger partial charge in [-0.2, -0.15) is 0 Å². The maximum atomic E-state index is 11.0. The summed E-state index contributed by atoms with van der Waals surface area (Å²) < 4.78 is 45.2. The van der Waals surface area contributed by atoms with Crippen LogP contribution in [-0.2, 0) is 37.9 Å². The molecule has 9 N–H and O–H groups in total. The quantitative estimate of drug-likeness (QED) is 0.0603. The Balaban J connectivity index is 1.59. The van der Waals surface area contributed by atoms with Crippen molar-refractivity contribution in [1.82, 2.24) is 0 Å². The average Bonchev–Trinajstić information content (AvgIpc) is 3.02. The number of quaternary nitrogens is 1. The Morgan fingerprint density at radius 1 is 0.562 bits per heavy atom. The lowest BCUT2D eigenvalue weighted by Crippen LogP contribution is -2.61. The van der Waals surface area contributed by atoms with Crippen LogP contribution in [-0.4, -0.2) is 231 Å². The van der Waals surface area contributed by atoms with Gasteiger partial charge in [-0.15, -0.1) is 0 Å². The largest absolute Gasteiger partial charge is 0.394 e. The molecule has 3 heterocycles. The molecule has 0 bridgehead atoms. The predicted octanol–water partition coefficient (Wildman–Crippen LogP) is -5.59. The molecular weight excluding hydrogens is 646 g/mol. The van der Waals surface area contributed by atoms with Gasteiger partial charge < -0.3 is 88.3 Å². The maximum absolute atomic E-state index is 11.0. The molecule has 0 aromatic carbocycles. The van der Waals surface area contributed by atoms with Gasteiger partial charge in [0.05, 0.1) is 98.4 Å². The summed E-state index contributed by atoms with van der Waals surface area (Å²) in [5.74, 6) is -1.62. The van der Waals surface area contributed by atoms with E-state index in [1.54, 1.807) is 0 Å². The fourth-order valence-corrected chi connectivity index (χ4v) is 6.29. The average molecular weight is 705 g/mol. The summed E-state index contributed by atoms with van der Waals surface area (Å²) in [6.45, 7) is -1.08. The Kier molecular flexibility index (Phi) is 16.7. The van der Waals surface area contributed by atoms with Crippen LogP contribution in [0.2, 0.25) is 0 Å². The lowest BCUT2D eigenvalue weighted by molar-refractivity contribution is -0.873. The summed E-state index contributed by atoms with van der Waals surface area (Å²) in [4.78, 5) is 0. The molecule has 284 valence electrons. The molecule has 48 heavy (non-hydrogen) atoms. The SMILES string of the molecule is COCC1OC(CO)C(COCC2OC(COC3OC(COCC(O)C[N+](C)(C)C)C(O)C(O)C3O)C(COC)C(O)C2O)C(O)C1O. The minimum absolute atomic E-state index is 0.00652. The second-order valence-corrected chi connectivity index (χ2v) is 13.9. The van der Waals surface area contributed by atoms with E-state index in [1.165, 1.54) is 14.2 Å². The predicted molar refractivity (Wildman–Crippen MR) is 162 cm³/mol. The third-order valence-corrected chi connectivity index (χ3v) is 8.90. The molecular formula is C30H58NO17+. The zero-order valence-corrected chi connectivity index (χ0v) is 28.3. The highest BCUT2D eigenvalue weighted by molar-refractivity contribution is 4.95. The summed E-state index contributed by atoms with van der Waals surface area (Å²) in [5, 5.41) is 94.5. The van der Waals surface area contributed by atoms with Gasteiger partial charge in [0.15, 0.2) is 6.29 Å². The van der Waals surface area contributed by atoms with Crippen LogP contribution in [0.4, 0.5) is 0 Å². The molecule has 0 aliphatic carbocycles. The van der Waals surface area contributed by atoms with Crippen molar-refractivity contribution in [3.8, 4) is 0 Å². The van der Waals surface area contributed by atoms with Crippen molar-refractivity contribution in [2.75, 3.05) is 94.8 Å². The first-order chi connectivity index (χ1) is 22.6. The molecule has 18 heteroatoms. The monoisotopic (exact) mass is 704 g/mol. The smallest absolute Gasteiger partial charge is 0.186 e. The summed E-state index contributed by atoms with van der Waals surface area (Å²) >= 11 is 0. The Morgan fingerprint density at radius 2 is 1.08 bits per heavy atom. The normalized spacial score (nSPS) is 41.8. The fourth-order valence-electron chi connectivity index (χ4n) is 6.29. The van der Waals surface area contributed by atoms with Gasteiger partial charge in [0.25, 0.3) is 0 Å². The van der Waals surface area contributed by atoms with Crippen molar-refractivity contribution in [3.05, 3.63) is 0 Å². The van der Waals surface area contributed by atoms with Crippen LogP contribution >= 0.6 is 0 Å². The Bertz CT molecular complexity index is 913. The topological polar surface area (TPSA) is 256 Å². The third kappa shape index (κ3) is 11.1. The van der Waals surface area contributed by atoms with Crippen LogP contribution in [0.5, 0.6) is 0 Å². The molecule has 3 aliphatic heterocycles. The van der Waals surface area contributed by atoms with Gasteiger partial charge in [0.2, 0.25) is 0 Å². The Hall–Kier alpha value is -0.720. The van der Waals surface area contributed by atoms with E-state index < -0.39 is 104 Å². The molecule has 16 atom stereocenters. The van der Waals surface area contributed by atoms with Gasteiger partial charge in [-0.05, 0) is 0 Å². The van der Waals surface area contributed by atoms with Crippen LogP contribution in [0.15, 0.2) is 0 Å². The first-order valence-electron chi connectivity index (χ1n) is 16.2. The molecule has 16 unspecified atom stereocenters. The van der Waals surface area contributed by atoms with Gasteiger partial charge in [0, 0.05) is 26.1 Å². The van der Waals surface area contributed by atoms with Crippen LogP contribution < -0.4 is 0 Å². The number of hydrogen-bond donors (Lipinski definition) is 9. The summed E-state index contributed by atoms with van der Waals surface area (Å²) in [7, 11) is 8.55. The van der Waals surface area contributed by atoms with E-state index in [9.17, 15) is 46.0 Å². The number of likely N-dealkylation sites (N-methyl/N-ethyl adjacent to an activating group) is 1. The number of ether oxygens (including phenoxy) is 8. The molecule has 0 aromatic rings. The van der Waals surface area contributed by atoms with Gasteiger partial charge >= 0.3 is 0 Å². The first-order valence-corrected chi connectivity index (χ1v) is 16.2. The highest BCUT2D eigenvalue weighted by Crippen LogP contribution is 2.31. The summed E-state index contributed by atoms with van der Waals surface area (Å²) in [6.07, 6.45) is -17.2. The van der Waals surface area contributed by atoms with Crippen molar-refractivity contribution < 1.29 is 88.3 Å². The van der Waals surface area contributed by atoms with Crippen LogP contribution in [0.3, 0.4) is 0 Å². The van der Waals surface area contributed by atoms with E-state index in [0.29, 0.717) is 11.0 Å². The molecule has 0 aromatic heterocycles. The molecule has 18 nitrogen and oxygen atoms in total. The van der Waals surface area contributed by atoms with Gasteiger partial charge in [-0.3, -0.25) is 0 Å². The molecule has 0 saturated carbocycles. The van der Waals surface area contributed by atoms with Crippen molar-refractivity contribution in [2.45, 2.75) is 85.6 Å². The minimum atomic E-state index is -1.65. The number of methoxy groups -OCH3 is 2. The number of rotatable bonds is 18. The van der Waals surface area contributed by atoms with Gasteiger partial charge in [-0.1, -0.05) is 0 Å². The molecule has 0 radical (unpaired) electrons. The van der Waals surface area contributed by atoms with Crippen molar-refractivity contribution in [2.24, 2.45) is 11.8 Å². The van der Waals surface area contributed by atoms with Gasteiger partial charge in [-0.25, -0.2) is 0 Å². The van der Waals surface area contributed by atoms with E-state index in [-0.39, 0.29) is 46.2 Å². The van der Waals surface area contributed by atoms with Crippen LogP contribution in [0, 0.1) is 11.8 Å². The Labute approximate surface area is 280 Å². The summed E-state index contributed by atoms with van der Waals surface area (Å²) in [6, 6.07) is 0. The second-order valence-electron chi connectivity index (χ2n) is 13.9. The van der Waals surface area contributed by atoms with Crippen LogP contribution in [0.1, 0.15) is 0 Å². The highest BCUT2D eigenvalue weighted by Gasteiger charge is 2.48. The van der Waals surface area contributed by atoms with E-state index in [0.717, 1.165) is 0 Å². The number of nitrogens with zero attached hydrogens (tertiary/aromatic N) is 1. The Morgan fingerprint density at radius 3 is 1.67 bits per heavy atom. The van der Waals surface area contributed by atoms with E-state index in [2.05, 4.69) is 0 Å². The van der Waals surface area contributed by atoms with Gasteiger partial charge in [0.1, 0.15) is 61.5 Å². The number of hydrogen-bond acceptors (Lipinski definition) is 17. The van der Waals surface area contributed by atoms with Crippen molar-refractivity contribution in [3.63, 3.8) is 0 Å².